The highest BCUT2D eigenvalue weighted by Crippen LogP contribution is 2.25. The predicted octanol–water partition coefficient (Wildman–Crippen LogP) is 3.04. The van der Waals surface area contributed by atoms with Crippen molar-refractivity contribution in [3.8, 4) is 0 Å². The molecule has 0 radical (unpaired) electrons. The minimum Gasteiger partial charge on any atom is -0.331 e. The summed E-state index contributed by atoms with van der Waals surface area (Å²) in [5.74, 6) is 0.900. The summed E-state index contributed by atoms with van der Waals surface area (Å²) in [5, 5.41) is 0. The van der Waals surface area contributed by atoms with Gasteiger partial charge in [-0.15, -0.1) is 0 Å². The van der Waals surface area contributed by atoms with Gasteiger partial charge in [-0.05, 0) is 75.3 Å². The third kappa shape index (κ3) is 2.86. The van der Waals surface area contributed by atoms with E-state index in [0.29, 0.717) is 0 Å². The van der Waals surface area contributed by atoms with Gasteiger partial charge in [-0.3, -0.25) is 0 Å². The summed E-state index contributed by atoms with van der Waals surface area (Å²) < 4.78 is 0. The lowest BCUT2D eigenvalue weighted by Gasteiger charge is -2.29. The Morgan fingerprint density at radius 3 is 1.95 bits per heavy atom. The first-order chi connectivity index (χ1) is 8.91. The number of piperidine rings is 1. The molecule has 1 aliphatic rings. The van der Waals surface area contributed by atoms with Crippen LogP contribution in [-0.4, -0.2) is 13.1 Å². The molecule has 2 atom stereocenters. The van der Waals surface area contributed by atoms with Crippen LogP contribution < -0.4 is 4.90 Å². The first-order valence-electron chi connectivity index (χ1n) is 7.81. The zero-order valence-corrected chi connectivity index (χ0v) is 13.6. The predicted molar refractivity (Wildman–Crippen MR) is 82.9 cm³/mol. The Labute approximate surface area is 119 Å². The van der Waals surface area contributed by atoms with Gasteiger partial charge in [0.25, 0.3) is 0 Å². The van der Waals surface area contributed by atoms with E-state index in [9.17, 15) is 0 Å². The van der Waals surface area contributed by atoms with Crippen molar-refractivity contribution in [1.29, 1.82) is 0 Å². The number of rotatable bonds is 2. The molecule has 0 aliphatic carbocycles. The van der Waals surface area contributed by atoms with Crippen LogP contribution in [0.3, 0.4) is 0 Å². The molecule has 1 aromatic rings. The van der Waals surface area contributed by atoms with Crippen molar-refractivity contribution in [2.45, 2.75) is 60.9 Å². The van der Waals surface area contributed by atoms with Crippen molar-refractivity contribution in [3.05, 3.63) is 33.4 Å². The SMILES string of the molecule is Cc1c(C)c(C)c(C[NH+]2CCC[C@@H](C)C2)c(C)c1C. The highest BCUT2D eigenvalue weighted by molar-refractivity contribution is 5.49. The Morgan fingerprint density at radius 2 is 1.42 bits per heavy atom. The molecule has 0 aromatic heterocycles. The van der Waals surface area contributed by atoms with Gasteiger partial charge in [0.05, 0.1) is 13.1 Å². The quantitative estimate of drug-likeness (QED) is 0.833. The lowest BCUT2D eigenvalue weighted by atomic mass is 9.89. The van der Waals surface area contributed by atoms with E-state index in [1.165, 1.54) is 60.3 Å². The molecular formula is C18H30N+. The van der Waals surface area contributed by atoms with Gasteiger partial charge in [-0.25, -0.2) is 0 Å². The summed E-state index contributed by atoms with van der Waals surface area (Å²) in [6.07, 6.45) is 2.83. The van der Waals surface area contributed by atoms with E-state index >= 15 is 0 Å². The molecule has 2 rings (SSSR count). The normalized spacial score (nSPS) is 23.7. The number of benzene rings is 1. The molecule has 0 spiro atoms. The van der Waals surface area contributed by atoms with Gasteiger partial charge in [0.1, 0.15) is 6.54 Å². The minimum atomic E-state index is 0.900. The first kappa shape index (κ1) is 14.6. The van der Waals surface area contributed by atoms with Gasteiger partial charge in [0, 0.05) is 11.5 Å². The van der Waals surface area contributed by atoms with Crippen LogP contribution >= 0.6 is 0 Å². The summed E-state index contributed by atoms with van der Waals surface area (Å²) in [6.45, 7) is 17.8. The smallest absolute Gasteiger partial charge is 0.103 e. The third-order valence-electron chi connectivity index (χ3n) is 5.45. The molecule has 1 saturated heterocycles. The number of quaternary nitrogens is 1. The molecule has 1 unspecified atom stereocenters. The van der Waals surface area contributed by atoms with E-state index in [-0.39, 0.29) is 0 Å². The van der Waals surface area contributed by atoms with E-state index in [2.05, 4.69) is 41.5 Å². The molecule has 1 aliphatic heterocycles. The van der Waals surface area contributed by atoms with Crippen LogP contribution in [0.2, 0.25) is 0 Å². The Balaban J connectivity index is 2.30. The maximum Gasteiger partial charge on any atom is 0.103 e. The molecule has 1 N–H and O–H groups in total. The van der Waals surface area contributed by atoms with Gasteiger partial charge in [-0.2, -0.15) is 0 Å². The van der Waals surface area contributed by atoms with Crippen molar-refractivity contribution >= 4 is 0 Å². The van der Waals surface area contributed by atoms with E-state index in [4.69, 9.17) is 0 Å². The molecule has 0 bridgehead atoms. The number of likely N-dealkylation sites (tertiary alicyclic amines) is 1. The molecule has 0 amide bonds. The second-order valence-electron chi connectivity index (χ2n) is 6.73. The average Bonchev–Trinajstić information content (AvgIpc) is 2.39. The van der Waals surface area contributed by atoms with Crippen LogP contribution in [-0.2, 0) is 6.54 Å². The van der Waals surface area contributed by atoms with Gasteiger partial charge in [-0.1, -0.05) is 6.92 Å². The first-order valence-corrected chi connectivity index (χ1v) is 7.81. The molecule has 0 saturated carbocycles. The van der Waals surface area contributed by atoms with Crippen molar-refractivity contribution in [2.24, 2.45) is 5.92 Å². The highest BCUT2D eigenvalue weighted by atomic mass is 15.1. The fraction of sp³-hybridized carbons (Fsp3) is 0.667. The molecule has 1 fully saturated rings. The highest BCUT2D eigenvalue weighted by Gasteiger charge is 2.22. The van der Waals surface area contributed by atoms with Crippen LogP contribution in [0.5, 0.6) is 0 Å². The standard InChI is InChI=1S/C18H29N/c1-12-8-7-9-19(10-12)11-18-16(5)14(3)13(2)15(4)17(18)6/h12H,7-11H2,1-6H3/p+1/t12-/m1/s1. The summed E-state index contributed by atoms with van der Waals surface area (Å²) >= 11 is 0. The maximum atomic E-state index is 2.41. The maximum absolute atomic E-state index is 2.41. The number of nitrogens with one attached hydrogen (secondary N) is 1. The van der Waals surface area contributed by atoms with Gasteiger partial charge in [0.15, 0.2) is 0 Å². The Morgan fingerprint density at radius 1 is 0.895 bits per heavy atom. The molecule has 1 heteroatoms. The number of hydrogen-bond donors (Lipinski definition) is 1. The van der Waals surface area contributed by atoms with Crippen LogP contribution in [0.1, 0.15) is 53.1 Å². The average molecular weight is 260 g/mol. The van der Waals surface area contributed by atoms with Crippen molar-refractivity contribution in [2.75, 3.05) is 13.1 Å². The van der Waals surface area contributed by atoms with E-state index in [1.807, 2.05) is 0 Å². The van der Waals surface area contributed by atoms with E-state index in [0.717, 1.165) is 5.92 Å². The number of hydrogen-bond acceptors (Lipinski definition) is 0. The minimum absolute atomic E-state index is 0.900. The molecule has 1 nitrogen and oxygen atoms in total. The van der Waals surface area contributed by atoms with E-state index < -0.39 is 0 Å². The van der Waals surface area contributed by atoms with Crippen LogP contribution in [0.4, 0.5) is 0 Å². The molecule has 1 aromatic carbocycles. The lowest BCUT2D eigenvalue weighted by molar-refractivity contribution is -0.922. The topological polar surface area (TPSA) is 4.44 Å². The monoisotopic (exact) mass is 260 g/mol. The summed E-state index contributed by atoms with van der Waals surface area (Å²) in [5.41, 5.74) is 9.17. The fourth-order valence-electron chi connectivity index (χ4n) is 3.65. The second-order valence-corrected chi connectivity index (χ2v) is 6.73. The van der Waals surface area contributed by atoms with Gasteiger partial charge >= 0.3 is 0 Å². The van der Waals surface area contributed by atoms with Crippen molar-refractivity contribution in [1.82, 2.24) is 0 Å². The fourth-order valence-corrected chi connectivity index (χ4v) is 3.65. The Bertz CT molecular complexity index is 444. The zero-order chi connectivity index (χ0) is 14.2. The van der Waals surface area contributed by atoms with Crippen LogP contribution in [0.15, 0.2) is 0 Å². The Kier molecular flexibility index (Phi) is 4.35. The van der Waals surface area contributed by atoms with E-state index in [1.54, 1.807) is 10.5 Å². The third-order valence-corrected chi connectivity index (χ3v) is 5.45. The van der Waals surface area contributed by atoms with Gasteiger partial charge in [0.2, 0.25) is 0 Å². The summed E-state index contributed by atoms with van der Waals surface area (Å²) in [6, 6.07) is 0. The molecule has 19 heavy (non-hydrogen) atoms. The lowest BCUT2D eigenvalue weighted by Crippen LogP contribution is -3.12. The van der Waals surface area contributed by atoms with Crippen molar-refractivity contribution < 1.29 is 4.90 Å². The van der Waals surface area contributed by atoms with Crippen LogP contribution in [0, 0.1) is 40.5 Å². The van der Waals surface area contributed by atoms with Crippen LogP contribution in [0.25, 0.3) is 0 Å². The van der Waals surface area contributed by atoms with Gasteiger partial charge < -0.3 is 4.90 Å². The zero-order valence-electron chi connectivity index (χ0n) is 13.6. The molecule has 1 heterocycles. The van der Waals surface area contributed by atoms with Crippen molar-refractivity contribution in [3.63, 3.8) is 0 Å². The largest absolute Gasteiger partial charge is 0.331 e. The second kappa shape index (κ2) is 5.66. The molecule has 106 valence electrons. The summed E-state index contributed by atoms with van der Waals surface area (Å²) in [7, 11) is 0. The Hall–Kier alpha value is -0.820. The summed E-state index contributed by atoms with van der Waals surface area (Å²) in [4.78, 5) is 1.78. The molecular weight excluding hydrogens is 230 g/mol.